The molecule has 0 aliphatic carbocycles. The molecule has 28 heavy (non-hydrogen) atoms. The van der Waals surface area contributed by atoms with Crippen molar-refractivity contribution in [3.8, 4) is 0 Å². The molecule has 0 atom stereocenters. The van der Waals surface area contributed by atoms with E-state index in [0.717, 1.165) is 51.3 Å². The lowest BCUT2D eigenvalue weighted by Crippen LogP contribution is -2.29. The zero-order valence-electron chi connectivity index (χ0n) is 15.9. The maximum Gasteiger partial charge on any atom is 0.234 e. The molecular weight excluding hydrogens is 390 g/mol. The Bertz CT molecular complexity index is 968. The van der Waals surface area contributed by atoms with Crippen LogP contribution in [0.15, 0.2) is 35.6 Å². The van der Waals surface area contributed by atoms with Crippen LogP contribution in [0.4, 0.5) is 10.8 Å². The topological polar surface area (TPSA) is 71.0 Å². The fourth-order valence-electron chi connectivity index (χ4n) is 3.32. The summed E-state index contributed by atoms with van der Waals surface area (Å²) >= 11 is 3.07. The number of para-hydroxylation sites is 1. The van der Waals surface area contributed by atoms with Gasteiger partial charge in [-0.1, -0.05) is 48.2 Å². The SMILES string of the molecule is CCc1ccccc1NC(=O)CSc1ncnc2nc(N3CCCCC3)sc12. The molecule has 0 spiro atoms. The molecule has 1 amide bonds. The number of benzene rings is 1. The first-order valence-electron chi connectivity index (χ1n) is 9.61. The van der Waals surface area contributed by atoms with E-state index in [4.69, 9.17) is 4.98 Å². The van der Waals surface area contributed by atoms with Gasteiger partial charge in [-0.05, 0) is 37.3 Å². The predicted octanol–water partition coefficient (Wildman–Crippen LogP) is 4.37. The number of fused-ring (bicyclic) bond motifs is 1. The molecule has 4 rings (SSSR count). The van der Waals surface area contributed by atoms with E-state index in [1.807, 2.05) is 24.3 Å². The first kappa shape index (κ1) is 19.1. The maximum absolute atomic E-state index is 12.4. The predicted molar refractivity (Wildman–Crippen MR) is 116 cm³/mol. The number of carbonyl (C=O) groups excluding carboxylic acids is 1. The molecule has 3 heterocycles. The van der Waals surface area contributed by atoms with Gasteiger partial charge in [0.15, 0.2) is 10.8 Å². The summed E-state index contributed by atoms with van der Waals surface area (Å²) in [6, 6.07) is 7.91. The van der Waals surface area contributed by atoms with E-state index >= 15 is 0 Å². The lowest BCUT2D eigenvalue weighted by atomic mass is 10.1. The van der Waals surface area contributed by atoms with Gasteiger partial charge in [-0.3, -0.25) is 4.79 Å². The standard InChI is InChI=1S/C20H23N5OS2/c1-2-14-8-4-5-9-15(14)23-16(26)12-27-19-17-18(21-13-22-19)24-20(28-17)25-10-6-3-7-11-25/h4-5,8-9,13H,2-3,6-7,10-12H2,1H3,(H,23,26). The Hall–Kier alpha value is -2.19. The number of nitrogens with zero attached hydrogens (tertiary/aromatic N) is 4. The molecule has 0 unspecified atom stereocenters. The summed E-state index contributed by atoms with van der Waals surface area (Å²) in [6.45, 7) is 4.19. The first-order chi connectivity index (χ1) is 13.7. The van der Waals surface area contributed by atoms with Crippen molar-refractivity contribution in [2.45, 2.75) is 37.6 Å². The van der Waals surface area contributed by atoms with E-state index in [0.29, 0.717) is 5.75 Å². The van der Waals surface area contributed by atoms with E-state index in [1.165, 1.54) is 37.4 Å². The third-order valence-corrected chi connectivity index (χ3v) is 7.02. The average molecular weight is 414 g/mol. The highest BCUT2D eigenvalue weighted by atomic mass is 32.2. The van der Waals surface area contributed by atoms with Gasteiger partial charge in [0.1, 0.15) is 16.1 Å². The molecule has 146 valence electrons. The van der Waals surface area contributed by atoms with Gasteiger partial charge in [0.25, 0.3) is 0 Å². The molecule has 3 aromatic rings. The first-order valence-corrected chi connectivity index (χ1v) is 11.4. The minimum Gasteiger partial charge on any atom is -0.348 e. The van der Waals surface area contributed by atoms with E-state index in [2.05, 4.69) is 27.1 Å². The Balaban J connectivity index is 1.45. The molecule has 2 aromatic heterocycles. The molecule has 6 nitrogen and oxygen atoms in total. The number of thioether (sulfide) groups is 1. The second-order valence-corrected chi connectivity index (χ2v) is 8.66. The van der Waals surface area contributed by atoms with Gasteiger partial charge in [0.05, 0.1) is 5.75 Å². The number of aryl methyl sites for hydroxylation is 1. The van der Waals surface area contributed by atoms with Gasteiger partial charge < -0.3 is 10.2 Å². The van der Waals surface area contributed by atoms with Gasteiger partial charge in [0.2, 0.25) is 5.91 Å². The number of thiazole rings is 1. The number of amides is 1. The van der Waals surface area contributed by atoms with Crippen molar-refractivity contribution in [3.63, 3.8) is 0 Å². The molecule has 8 heteroatoms. The number of hydrogen-bond acceptors (Lipinski definition) is 7. The van der Waals surface area contributed by atoms with Crippen molar-refractivity contribution in [1.82, 2.24) is 15.0 Å². The highest BCUT2D eigenvalue weighted by Gasteiger charge is 2.18. The Kier molecular flexibility index (Phi) is 6.07. The van der Waals surface area contributed by atoms with Gasteiger partial charge >= 0.3 is 0 Å². The minimum absolute atomic E-state index is 0.0292. The van der Waals surface area contributed by atoms with Crippen molar-refractivity contribution >= 4 is 50.2 Å². The van der Waals surface area contributed by atoms with E-state index in [9.17, 15) is 4.79 Å². The number of carbonyl (C=O) groups is 1. The quantitative estimate of drug-likeness (QED) is 0.478. The highest BCUT2D eigenvalue weighted by molar-refractivity contribution is 8.00. The van der Waals surface area contributed by atoms with Crippen molar-refractivity contribution in [2.24, 2.45) is 0 Å². The lowest BCUT2D eigenvalue weighted by Gasteiger charge is -2.25. The average Bonchev–Trinajstić information content (AvgIpc) is 3.18. The number of nitrogens with one attached hydrogen (secondary N) is 1. The fourth-order valence-corrected chi connectivity index (χ4v) is 5.26. The number of piperidine rings is 1. The van der Waals surface area contributed by atoms with Crippen LogP contribution in [0.25, 0.3) is 10.3 Å². The summed E-state index contributed by atoms with van der Waals surface area (Å²) in [4.78, 5) is 28.2. The largest absolute Gasteiger partial charge is 0.348 e. The van der Waals surface area contributed by atoms with Crippen LogP contribution in [0.3, 0.4) is 0 Å². The fraction of sp³-hybridized carbons (Fsp3) is 0.400. The van der Waals surface area contributed by atoms with Gasteiger partial charge in [-0.2, -0.15) is 4.98 Å². The summed E-state index contributed by atoms with van der Waals surface area (Å²) in [7, 11) is 0. The summed E-state index contributed by atoms with van der Waals surface area (Å²) in [5.41, 5.74) is 2.74. The van der Waals surface area contributed by atoms with Crippen LogP contribution in [-0.4, -0.2) is 39.7 Å². The van der Waals surface area contributed by atoms with Gasteiger partial charge in [-0.15, -0.1) is 0 Å². The normalized spacial score (nSPS) is 14.4. The van der Waals surface area contributed by atoms with Crippen molar-refractivity contribution in [1.29, 1.82) is 0 Å². The number of hydrogen-bond donors (Lipinski definition) is 1. The van der Waals surface area contributed by atoms with E-state index in [1.54, 1.807) is 11.3 Å². The zero-order valence-corrected chi connectivity index (χ0v) is 17.5. The van der Waals surface area contributed by atoms with Crippen LogP contribution in [-0.2, 0) is 11.2 Å². The molecule has 1 aromatic carbocycles. The molecule has 0 bridgehead atoms. The summed E-state index contributed by atoms with van der Waals surface area (Å²) in [5.74, 6) is 0.277. The van der Waals surface area contributed by atoms with Crippen molar-refractivity contribution in [2.75, 3.05) is 29.1 Å². The molecular formula is C20H23N5OS2. The van der Waals surface area contributed by atoms with Crippen LogP contribution >= 0.6 is 23.1 Å². The summed E-state index contributed by atoms with van der Waals surface area (Å²) in [6.07, 6.45) is 6.13. The second kappa shape index (κ2) is 8.87. The molecule has 0 saturated carbocycles. The molecule has 1 aliphatic rings. The summed E-state index contributed by atoms with van der Waals surface area (Å²) in [5, 5.41) is 4.85. The minimum atomic E-state index is -0.0292. The van der Waals surface area contributed by atoms with E-state index < -0.39 is 0 Å². The Labute approximate surface area is 172 Å². The number of rotatable bonds is 6. The number of anilines is 2. The maximum atomic E-state index is 12.4. The Morgan fingerprint density at radius 1 is 1.21 bits per heavy atom. The third-order valence-electron chi connectivity index (χ3n) is 4.79. The van der Waals surface area contributed by atoms with Crippen LogP contribution in [0.5, 0.6) is 0 Å². The van der Waals surface area contributed by atoms with Crippen LogP contribution in [0.2, 0.25) is 0 Å². The van der Waals surface area contributed by atoms with Gasteiger partial charge in [-0.25, -0.2) is 9.97 Å². The third kappa shape index (κ3) is 4.28. The Morgan fingerprint density at radius 2 is 2.04 bits per heavy atom. The van der Waals surface area contributed by atoms with Crippen LogP contribution < -0.4 is 10.2 Å². The second-order valence-electron chi connectivity index (χ2n) is 6.72. The summed E-state index contributed by atoms with van der Waals surface area (Å²) < 4.78 is 0.967. The molecule has 1 saturated heterocycles. The monoisotopic (exact) mass is 413 g/mol. The zero-order chi connectivity index (χ0) is 19.3. The van der Waals surface area contributed by atoms with Crippen molar-refractivity contribution in [3.05, 3.63) is 36.2 Å². The van der Waals surface area contributed by atoms with Gasteiger partial charge in [0, 0.05) is 18.8 Å². The molecule has 1 fully saturated rings. The Morgan fingerprint density at radius 3 is 2.86 bits per heavy atom. The smallest absolute Gasteiger partial charge is 0.234 e. The van der Waals surface area contributed by atoms with Crippen LogP contribution in [0.1, 0.15) is 31.7 Å². The van der Waals surface area contributed by atoms with Crippen molar-refractivity contribution < 1.29 is 4.79 Å². The number of aromatic nitrogens is 3. The molecule has 0 radical (unpaired) electrons. The molecule has 1 aliphatic heterocycles. The van der Waals surface area contributed by atoms with E-state index in [-0.39, 0.29) is 5.91 Å². The highest BCUT2D eigenvalue weighted by Crippen LogP contribution is 2.34. The van der Waals surface area contributed by atoms with Crippen LogP contribution in [0, 0.1) is 0 Å². The molecule has 1 N–H and O–H groups in total. The lowest BCUT2D eigenvalue weighted by molar-refractivity contribution is -0.113.